The molecule has 1 aliphatic heterocycles. The first-order valence-corrected chi connectivity index (χ1v) is 22.5. The first-order valence-electron chi connectivity index (χ1n) is 21.6. The van der Waals surface area contributed by atoms with Crippen LogP contribution in [0.5, 0.6) is 0 Å². The minimum absolute atomic E-state index is 0.179. The van der Waals surface area contributed by atoms with E-state index in [1.165, 1.54) is 98.9 Å². The van der Waals surface area contributed by atoms with Crippen LogP contribution in [-0.2, 0) is 5.41 Å². The van der Waals surface area contributed by atoms with Gasteiger partial charge in [-0.2, -0.15) is 0 Å². The summed E-state index contributed by atoms with van der Waals surface area (Å²) in [5.41, 5.74) is 12.5. The maximum absolute atomic E-state index is 13.9. The van der Waals surface area contributed by atoms with Crippen LogP contribution in [0.3, 0.4) is 0 Å². The number of hydrogen-bond acceptors (Lipinski definition) is 4. The van der Waals surface area contributed by atoms with Crippen molar-refractivity contribution >= 4 is 56.1 Å². The second-order valence-electron chi connectivity index (χ2n) is 17.1. The Morgan fingerprint density at radius 3 is 1.90 bits per heavy atom. The summed E-state index contributed by atoms with van der Waals surface area (Å²) in [6.45, 7) is 16.3. The van der Waals surface area contributed by atoms with Crippen LogP contribution in [0.1, 0.15) is 132 Å². The van der Waals surface area contributed by atoms with E-state index in [0.717, 1.165) is 23.4 Å². The van der Waals surface area contributed by atoms with Crippen LogP contribution in [0.2, 0.25) is 0 Å². The molecule has 296 valence electrons. The Morgan fingerprint density at radius 2 is 1.26 bits per heavy atom. The molecule has 6 aromatic rings. The van der Waals surface area contributed by atoms with Crippen molar-refractivity contribution < 1.29 is 9.59 Å². The number of nitrogens with zero attached hydrogens (tertiary/aromatic N) is 1. The van der Waals surface area contributed by atoms with E-state index >= 15 is 0 Å². The van der Waals surface area contributed by atoms with Crippen LogP contribution in [-0.4, -0.2) is 11.6 Å². The lowest BCUT2D eigenvalue weighted by atomic mass is 9.56. The van der Waals surface area contributed by atoms with Crippen molar-refractivity contribution in [1.82, 2.24) is 0 Å². The Balaban J connectivity index is 1.45. The molecule has 0 amide bonds. The fraction of sp³-hybridized carbons (Fsp3) is 0.333. The van der Waals surface area contributed by atoms with Gasteiger partial charge in [0.05, 0.1) is 16.9 Å². The summed E-state index contributed by atoms with van der Waals surface area (Å²) in [7, 11) is 0. The minimum atomic E-state index is -0.324. The molecule has 3 nitrogen and oxygen atoms in total. The Kier molecular flexibility index (Phi) is 11.2. The van der Waals surface area contributed by atoms with Gasteiger partial charge < -0.3 is 4.90 Å². The summed E-state index contributed by atoms with van der Waals surface area (Å²) in [5, 5.41) is 3.58. The van der Waals surface area contributed by atoms with Crippen molar-refractivity contribution in [3.8, 4) is 11.1 Å². The molecular weight excluding hydrogens is 727 g/mol. The number of carbonyl (C=O) groups is 2. The Labute approximate surface area is 349 Å². The molecule has 2 atom stereocenters. The van der Waals surface area contributed by atoms with Gasteiger partial charge in [-0.05, 0) is 115 Å². The van der Waals surface area contributed by atoms with Gasteiger partial charge in [-0.25, -0.2) is 0 Å². The summed E-state index contributed by atoms with van der Waals surface area (Å²) in [6, 6.07) is 36.9. The molecule has 0 N–H and O–H groups in total. The van der Waals surface area contributed by atoms with Gasteiger partial charge in [0.15, 0.2) is 11.6 Å². The van der Waals surface area contributed by atoms with Crippen LogP contribution in [0, 0.1) is 32.6 Å². The fourth-order valence-electron chi connectivity index (χ4n) is 10.6. The van der Waals surface area contributed by atoms with Crippen molar-refractivity contribution in [2.45, 2.75) is 105 Å². The predicted molar refractivity (Wildman–Crippen MR) is 247 cm³/mol. The molecule has 0 radical (unpaired) electrons. The molecule has 0 bridgehead atoms. The van der Waals surface area contributed by atoms with Gasteiger partial charge in [-0.15, -0.1) is 11.3 Å². The topological polar surface area (TPSA) is 37.4 Å². The summed E-state index contributed by atoms with van der Waals surface area (Å²) < 4.78 is 0. The molecular formula is C54H57NO2S. The zero-order valence-electron chi connectivity index (χ0n) is 35.4. The van der Waals surface area contributed by atoms with Crippen molar-refractivity contribution in [2.75, 3.05) is 4.90 Å². The predicted octanol–water partition coefficient (Wildman–Crippen LogP) is 15.5. The molecule has 2 unspecified atom stereocenters. The van der Waals surface area contributed by atoms with Gasteiger partial charge in [0, 0.05) is 26.8 Å². The number of aryl methyl sites for hydroxylation is 3. The van der Waals surface area contributed by atoms with Crippen LogP contribution >= 0.6 is 11.3 Å². The maximum Gasteiger partial charge on any atom is 0.197 e. The number of Topliss-reactive ketones (excluding diaryl/α,β-unsaturated/α-hetero) is 2. The fourth-order valence-corrected chi connectivity index (χ4v) is 11.8. The van der Waals surface area contributed by atoms with Crippen molar-refractivity contribution in [3.63, 3.8) is 0 Å². The van der Waals surface area contributed by atoms with Gasteiger partial charge in [0.1, 0.15) is 5.00 Å². The lowest BCUT2D eigenvalue weighted by molar-refractivity contribution is 0.0990. The first kappa shape index (κ1) is 39.8. The molecule has 1 aromatic heterocycles. The molecule has 5 aromatic carbocycles. The second-order valence-corrected chi connectivity index (χ2v) is 18.2. The average Bonchev–Trinajstić information content (AvgIpc) is 3.74. The minimum Gasteiger partial charge on any atom is -0.301 e. The average molecular weight is 784 g/mol. The molecule has 1 aliphatic carbocycles. The third-order valence-electron chi connectivity index (χ3n) is 13.3. The molecule has 2 aliphatic rings. The Bertz CT molecular complexity index is 2490. The number of benzene rings is 5. The third kappa shape index (κ3) is 6.68. The first-order chi connectivity index (χ1) is 28.1. The molecule has 0 spiro atoms. The lowest BCUT2D eigenvalue weighted by Crippen LogP contribution is -2.45. The van der Waals surface area contributed by atoms with Crippen LogP contribution < -0.4 is 4.90 Å². The third-order valence-corrected chi connectivity index (χ3v) is 14.3. The zero-order valence-corrected chi connectivity index (χ0v) is 36.2. The van der Waals surface area contributed by atoms with E-state index in [9.17, 15) is 9.59 Å². The van der Waals surface area contributed by atoms with Crippen LogP contribution in [0.25, 0.3) is 28.0 Å². The van der Waals surface area contributed by atoms with Gasteiger partial charge in [-0.3, -0.25) is 9.59 Å². The van der Waals surface area contributed by atoms with Gasteiger partial charge in [-0.1, -0.05) is 151 Å². The number of allylic oxidation sites excluding steroid dienone is 1. The maximum atomic E-state index is 13.9. The summed E-state index contributed by atoms with van der Waals surface area (Å²) in [5.74, 6) is 0.295. The normalized spacial score (nSPS) is 17.0. The molecule has 4 heteroatoms. The smallest absolute Gasteiger partial charge is 0.197 e. The van der Waals surface area contributed by atoms with Gasteiger partial charge >= 0.3 is 0 Å². The standard InChI is InChI=1S/C54H57NO2S/c1-8-10-12-19-37(6)54(38(7)20-13-11-9-2)46-31-40(50-35(4)29-34(3)30-36(50)5)27-28-49(46)55(48-26-18-22-39-21-14-15-23-42(39)48)53-47(54)33-41(58-53)32-45-51(56)43-24-16-17-25-44(43)52(45)57/h14-18,21-33,37-38H,8-13,19-20H2,1-7H3. The van der Waals surface area contributed by atoms with Crippen molar-refractivity contribution in [1.29, 1.82) is 0 Å². The molecule has 0 saturated carbocycles. The van der Waals surface area contributed by atoms with Gasteiger partial charge in [0.2, 0.25) is 0 Å². The number of unbranched alkanes of at least 4 members (excludes halogenated alkanes) is 4. The van der Waals surface area contributed by atoms with E-state index in [0.29, 0.717) is 23.0 Å². The van der Waals surface area contributed by atoms with Crippen molar-refractivity contribution in [2.24, 2.45) is 11.8 Å². The number of ketones is 2. The summed E-state index contributed by atoms with van der Waals surface area (Å²) >= 11 is 1.73. The SMILES string of the molecule is CCCCCC(C)C1(C(C)CCCCC)c2cc(-c3c(C)cc(C)cc3C)ccc2N(c2cccc3ccccc23)c2sc(C=C3C(=O)c4ccccc4C3=O)cc21. The summed E-state index contributed by atoms with van der Waals surface area (Å²) in [6.07, 6.45) is 11.3. The van der Waals surface area contributed by atoms with E-state index in [4.69, 9.17) is 0 Å². The lowest BCUT2D eigenvalue weighted by Gasteiger charge is -2.51. The second kappa shape index (κ2) is 16.3. The van der Waals surface area contributed by atoms with E-state index < -0.39 is 0 Å². The van der Waals surface area contributed by atoms with E-state index in [1.54, 1.807) is 23.5 Å². The molecule has 2 heterocycles. The van der Waals surface area contributed by atoms with E-state index in [2.05, 4.69) is 132 Å². The quantitative estimate of drug-likeness (QED) is 0.0665. The number of carbonyl (C=O) groups excluding carboxylic acids is 2. The number of rotatable bonds is 13. The van der Waals surface area contributed by atoms with Gasteiger partial charge in [0.25, 0.3) is 0 Å². The number of anilines is 3. The summed E-state index contributed by atoms with van der Waals surface area (Å²) in [4.78, 5) is 31.2. The molecule has 0 saturated heterocycles. The Hall–Kier alpha value is -5.06. The largest absolute Gasteiger partial charge is 0.301 e. The Morgan fingerprint density at radius 1 is 0.655 bits per heavy atom. The molecule has 8 rings (SSSR count). The number of fused-ring (bicyclic) bond motifs is 4. The highest BCUT2D eigenvalue weighted by atomic mass is 32.1. The van der Waals surface area contributed by atoms with E-state index in [-0.39, 0.29) is 22.6 Å². The molecule has 0 fully saturated rings. The highest BCUT2D eigenvalue weighted by Crippen LogP contribution is 2.63. The zero-order chi connectivity index (χ0) is 40.7. The number of hydrogen-bond donors (Lipinski definition) is 0. The van der Waals surface area contributed by atoms with E-state index in [1.807, 2.05) is 18.2 Å². The number of thiophene rings is 1. The monoisotopic (exact) mass is 783 g/mol. The van der Waals surface area contributed by atoms with Crippen LogP contribution in [0.4, 0.5) is 16.4 Å². The van der Waals surface area contributed by atoms with Crippen molar-refractivity contribution in [3.05, 3.63) is 153 Å². The highest BCUT2D eigenvalue weighted by molar-refractivity contribution is 7.17. The molecule has 58 heavy (non-hydrogen) atoms. The van der Waals surface area contributed by atoms with Crippen LogP contribution in [0.15, 0.2) is 109 Å². The highest BCUT2D eigenvalue weighted by Gasteiger charge is 2.51.